The zero-order chi connectivity index (χ0) is 30.5. The second-order valence-corrected chi connectivity index (χ2v) is 12.9. The summed E-state index contributed by atoms with van der Waals surface area (Å²) < 4.78 is 25.8. The van der Waals surface area contributed by atoms with Crippen molar-refractivity contribution in [1.82, 2.24) is 4.31 Å². The van der Waals surface area contributed by atoms with Gasteiger partial charge in [-0.2, -0.15) is 0 Å². The van der Waals surface area contributed by atoms with Crippen molar-refractivity contribution in [2.45, 2.75) is 77.5 Å². The highest BCUT2D eigenvalue weighted by molar-refractivity contribution is 7.81. The summed E-state index contributed by atoms with van der Waals surface area (Å²) in [6.07, 6.45) is 5.84. The van der Waals surface area contributed by atoms with E-state index >= 15 is 0 Å². The standard InChI is InChI=1S/C34H43NO6S/c1-5-6-7-8-9-22-40-30-20-14-28(15-21-30)33(38)41-31-18-12-26(13-19-31)23-35(24-32(36)37)42(39)25-27-10-16-29(17-11-27)34(2,3)4/h10-21H,5-9,22-25H2,1-4H3,(H,36,37). The molecule has 0 amide bonds. The first-order chi connectivity index (χ1) is 20.0. The summed E-state index contributed by atoms with van der Waals surface area (Å²) in [5, 5.41) is 9.41. The Morgan fingerprint density at radius 3 is 2.00 bits per heavy atom. The lowest BCUT2D eigenvalue weighted by molar-refractivity contribution is -0.137. The average Bonchev–Trinajstić information content (AvgIpc) is 2.95. The molecule has 0 saturated heterocycles. The van der Waals surface area contributed by atoms with Gasteiger partial charge in [0.15, 0.2) is 0 Å². The number of aliphatic carboxylic acids is 1. The van der Waals surface area contributed by atoms with Crippen molar-refractivity contribution in [2.75, 3.05) is 13.2 Å². The topological polar surface area (TPSA) is 93.1 Å². The van der Waals surface area contributed by atoms with Gasteiger partial charge in [-0.1, -0.05) is 89.8 Å². The van der Waals surface area contributed by atoms with Crippen molar-refractivity contribution in [3.05, 3.63) is 95.1 Å². The fourth-order valence-corrected chi connectivity index (χ4v) is 5.51. The first kappa shape index (κ1) is 33.0. The molecule has 0 bridgehead atoms. The van der Waals surface area contributed by atoms with Gasteiger partial charge in [-0.25, -0.2) is 13.3 Å². The molecule has 42 heavy (non-hydrogen) atoms. The van der Waals surface area contributed by atoms with Crippen LogP contribution in [-0.2, 0) is 33.5 Å². The number of hydrogen-bond acceptors (Lipinski definition) is 5. The molecule has 3 aromatic rings. The number of carbonyl (C=O) groups is 2. The maximum atomic E-state index is 13.1. The summed E-state index contributed by atoms with van der Waals surface area (Å²) in [7, 11) is -1.55. The van der Waals surface area contributed by atoms with Gasteiger partial charge in [-0.05, 0) is 64.9 Å². The lowest BCUT2D eigenvalue weighted by Gasteiger charge is -2.21. The first-order valence-corrected chi connectivity index (χ1v) is 15.8. The molecule has 0 spiro atoms. The molecule has 1 N–H and O–H groups in total. The average molecular weight is 594 g/mol. The number of carboxylic acids is 1. The van der Waals surface area contributed by atoms with Crippen LogP contribution >= 0.6 is 0 Å². The molecule has 8 heteroatoms. The summed E-state index contributed by atoms with van der Waals surface area (Å²) in [6.45, 7) is 9.05. The minimum absolute atomic E-state index is 0.0139. The highest BCUT2D eigenvalue weighted by atomic mass is 32.2. The molecule has 0 aliphatic rings. The minimum atomic E-state index is -1.55. The van der Waals surface area contributed by atoms with Gasteiger partial charge in [0.1, 0.15) is 18.0 Å². The number of carboxylic acid groups (broad SMARTS) is 1. The van der Waals surface area contributed by atoms with Crippen LogP contribution in [0.25, 0.3) is 0 Å². The summed E-state index contributed by atoms with van der Waals surface area (Å²) >= 11 is 0. The maximum Gasteiger partial charge on any atom is 0.343 e. The molecule has 0 aliphatic heterocycles. The first-order valence-electron chi connectivity index (χ1n) is 14.5. The normalized spacial score (nSPS) is 12.2. The molecule has 7 nitrogen and oxygen atoms in total. The Hall–Kier alpha value is -3.49. The summed E-state index contributed by atoms with van der Waals surface area (Å²) in [5.74, 6) is -0.242. The molecule has 0 aliphatic carbocycles. The van der Waals surface area contributed by atoms with E-state index < -0.39 is 22.9 Å². The van der Waals surface area contributed by atoms with Gasteiger partial charge in [0, 0.05) is 6.54 Å². The fraction of sp³-hybridized carbons (Fsp3) is 0.412. The molecule has 1 atom stereocenters. The Bertz CT molecular complexity index is 1300. The van der Waals surface area contributed by atoms with Crippen LogP contribution in [-0.4, -0.2) is 38.7 Å². The van der Waals surface area contributed by atoms with Gasteiger partial charge in [-0.15, -0.1) is 0 Å². The van der Waals surface area contributed by atoms with E-state index in [1.807, 2.05) is 24.3 Å². The number of unbranched alkanes of at least 4 members (excludes halogenated alkanes) is 4. The molecule has 3 aromatic carbocycles. The Morgan fingerprint density at radius 2 is 1.40 bits per heavy atom. The molecule has 0 radical (unpaired) electrons. The van der Waals surface area contributed by atoms with Crippen molar-refractivity contribution >= 4 is 22.9 Å². The van der Waals surface area contributed by atoms with Crippen molar-refractivity contribution < 1.29 is 28.4 Å². The largest absolute Gasteiger partial charge is 0.494 e. The number of hydrogen-bond donors (Lipinski definition) is 1. The molecule has 226 valence electrons. The molecule has 0 heterocycles. The van der Waals surface area contributed by atoms with Crippen LogP contribution in [0.5, 0.6) is 11.5 Å². The van der Waals surface area contributed by atoms with Crippen LogP contribution in [0.4, 0.5) is 0 Å². The number of carbonyl (C=O) groups excluding carboxylic acids is 1. The Balaban J connectivity index is 1.54. The highest BCUT2D eigenvalue weighted by Crippen LogP contribution is 2.23. The van der Waals surface area contributed by atoms with Crippen LogP contribution in [0.15, 0.2) is 72.8 Å². The van der Waals surface area contributed by atoms with Crippen molar-refractivity contribution in [3.63, 3.8) is 0 Å². The van der Waals surface area contributed by atoms with Gasteiger partial charge in [0.2, 0.25) is 0 Å². The van der Waals surface area contributed by atoms with E-state index in [9.17, 15) is 18.9 Å². The second-order valence-electron chi connectivity index (χ2n) is 11.4. The van der Waals surface area contributed by atoms with Gasteiger partial charge in [0.05, 0.1) is 28.9 Å². The summed E-state index contributed by atoms with van der Waals surface area (Å²) in [4.78, 5) is 24.1. The van der Waals surface area contributed by atoms with Crippen LogP contribution in [0, 0.1) is 0 Å². The van der Waals surface area contributed by atoms with E-state index in [1.54, 1.807) is 48.5 Å². The Kier molecular flexibility index (Phi) is 12.8. The van der Waals surface area contributed by atoms with E-state index in [-0.39, 0.29) is 24.3 Å². The van der Waals surface area contributed by atoms with E-state index in [2.05, 4.69) is 27.7 Å². The molecular weight excluding hydrogens is 550 g/mol. The zero-order valence-electron chi connectivity index (χ0n) is 25.1. The molecule has 0 fully saturated rings. The van der Waals surface area contributed by atoms with Crippen LogP contribution in [0.1, 0.15) is 86.8 Å². The third kappa shape index (κ3) is 11.1. The Morgan fingerprint density at radius 1 is 0.810 bits per heavy atom. The lowest BCUT2D eigenvalue weighted by Crippen LogP contribution is -2.32. The quantitative estimate of drug-likeness (QED) is 0.106. The monoisotopic (exact) mass is 593 g/mol. The molecule has 1 unspecified atom stereocenters. The highest BCUT2D eigenvalue weighted by Gasteiger charge is 2.19. The van der Waals surface area contributed by atoms with Crippen LogP contribution in [0.2, 0.25) is 0 Å². The smallest absolute Gasteiger partial charge is 0.343 e. The molecular formula is C34H43NO6S. The minimum Gasteiger partial charge on any atom is -0.494 e. The number of ether oxygens (including phenoxy) is 2. The number of benzene rings is 3. The molecule has 0 saturated carbocycles. The lowest BCUT2D eigenvalue weighted by atomic mass is 9.87. The van der Waals surface area contributed by atoms with Crippen LogP contribution in [0.3, 0.4) is 0 Å². The predicted molar refractivity (Wildman–Crippen MR) is 167 cm³/mol. The van der Waals surface area contributed by atoms with Crippen molar-refractivity contribution in [2.24, 2.45) is 0 Å². The predicted octanol–water partition coefficient (Wildman–Crippen LogP) is 7.30. The van der Waals surface area contributed by atoms with Gasteiger partial charge < -0.3 is 14.6 Å². The van der Waals surface area contributed by atoms with Gasteiger partial charge >= 0.3 is 11.9 Å². The third-order valence-electron chi connectivity index (χ3n) is 6.81. The van der Waals surface area contributed by atoms with E-state index in [0.29, 0.717) is 17.9 Å². The third-order valence-corrected chi connectivity index (χ3v) is 8.22. The van der Waals surface area contributed by atoms with Crippen molar-refractivity contribution in [1.29, 1.82) is 0 Å². The molecule has 3 rings (SSSR count). The summed E-state index contributed by atoms with van der Waals surface area (Å²) in [5.41, 5.74) is 3.23. The second kappa shape index (κ2) is 16.2. The van der Waals surface area contributed by atoms with Crippen LogP contribution < -0.4 is 9.47 Å². The van der Waals surface area contributed by atoms with E-state index in [0.717, 1.165) is 29.7 Å². The van der Waals surface area contributed by atoms with Gasteiger partial charge in [-0.3, -0.25) is 4.79 Å². The number of rotatable bonds is 16. The fourth-order valence-electron chi connectivity index (χ4n) is 4.30. The number of esters is 1. The molecule has 0 aromatic heterocycles. The summed E-state index contributed by atoms with van der Waals surface area (Å²) in [6, 6.07) is 21.6. The number of nitrogens with zero attached hydrogens (tertiary/aromatic N) is 1. The SMILES string of the molecule is CCCCCCCOc1ccc(C(=O)Oc2ccc(CN(CC(=O)O)S(=O)Cc3ccc(C(C)(C)C)cc3)cc2)cc1. The Labute approximate surface area is 252 Å². The maximum absolute atomic E-state index is 13.1. The zero-order valence-corrected chi connectivity index (χ0v) is 26.0. The van der Waals surface area contributed by atoms with Gasteiger partial charge in [0.25, 0.3) is 0 Å². The van der Waals surface area contributed by atoms with E-state index in [1.165, 1.54) is 29.1 Å². The van der Waals surface area contributed by atoms with E-state index in [4.69, 9.17) is 9.47 Å². The van der Waals surface area contributed by atoms with Crippen molar-refractivity contribution in [3.8, 4) is 11.5 Å².